The van der Waals surface area contributed by atoms with Crippen molar-refractivity contribution in [2.75, 3.05) is 6.61 Å². The molecule has 2 amide bonds. The minimum Gasteiger partial charge on any atom is -0.463 e. The zero-order valence-electron chi connectivity index (χ0n) is 25.5. The van der Waals surface area contributed by atoms with Gasteiger partial charge >= 0.3 is 5.97 Å². The van der Waals surface area contributed by atoms with Crippen LogP contribution in [0.5, 0.6) is 0 Å². The van der Waals surface area contributed by atoms with Crippen LogP contribution in [0.15, 0.2) is 120 Å². The van der Waals surface area contributed by atoms with E-state index in [1.54, 1.807) is 24.8 Å². The number of nitrogens with one attached hydrogen (secondary N) is 1. The van der Waals surface area contributed by atoms with Gasteiger partial charge in [0.25, 0.3) is 5.91 Å². The lowest BCUT2D eigenvalue weighted by molar-refractivity contribution is -0.140. The van der Waals surface area contributed by atoms with E-state index in [9.17, 15) is 14.4 Å². The number of ether oxygens (including phenoxy) is 1. The molecule has 2 unspecified atom stereocenters. The number of amides is 2. The first kappa shape index (κ1) is 30.5. The SMILES string of the molecule is CCOC(=O)C1=C(C)N(Cc2cccc(C(=O)NC(Cc3ccccc3)c3ccccc3)c2)C(=O)CC1c1cccc(C)c1. The van der Waals surface area contributed by atoms with E-state index in [1.165, 1.54) is 0 Å². The fourth-order valence-electron chi connectivity index (χ4n) is 5.87. The summed E-state index contributed by atoms with van der Waals surface area (Å²) in [6.07, 6.45) is 0.814. The summed E-state index contributed by atoms with van der Waals surface area (Å²) in [7, 11) is 0. The quantitative estimate of drug-likeness (QED) is 0.202. The van der Waals surface area contributed by atoms with Gasteiger partial charge in [0, 0.05) is 23.6 Å². The highest BCUT2D eigenvalue weighted by atomic mass is 16.5. The largest absolute Gasteiger partial charge is 0.463 e. The van der Waals surface area contributed by atoms with E-state index in [0.717, 1.165) is 27.8 Å². The summed E-state index contributed by atoms with van der Waals surface area (Å²) >= 11 is 0. The van der Waals surface area contributed by atoms with Gasteiger partial charge in [-0.15, -0.1) is 0 Å². The Labute approximate surface area is 259 Å². The Morgan fingerprint density at radius 3 is 2.25 bits per heavy atom. The predicted molar refractivity (Wildman–Crippen MR) is 172 cm³/mol. The number of carbonyl (C=O) groups excluding carboxylic acids is 3. The van der Waals surface area contributed by atoms with Crippen LogP contribution in [0.25, 0.3) is 0 Å². The molecule has 1 N–H and O–H groups in total. The van der Waals surface area contributed by atoms with Crippen molar-refractivity contribution < 1.29 is 19.1 Å². The summed E-state index contributed by atoms with van der Waals surface area (Å²) in [4.78, 5) is 42.0. The van der Waals surface area contributed by atoms with Crippen LogP contribution < -0.4 is 5.32 Å². The Hall–Kier alpha value is -4.97. The van der Waals surface area contributed by atoms with Crippen LogP contribution in [0.2, 0.25) is 0 Å². The standard InChI is InChI=1S/C38H38N2O4/c1-4-44-38(43)36-27(3)40(35(41)24-33(36)31-19-11-13-26(2)21-31)25-29-16-12-20-32(22-29)37(42)39-34(30-17-9-6-10-18-30)23-28-14-7-5-8-15-28/h5-22,33-34H,4,23-25H2,1-3H3,(H,39,42). The van der Waals surface area contributed by atoms with E-state index >= 15 is 0 Å². The second-order valence-corrected chi connectivity index (χ2v) is 11.2. The highest BCUT2D eigenvalue weighted by Gasteiger charge is 2.37. The summed E-state index contributed by atoms with van der Waals surface area (Å²) in [5, 5.41) is 3.22. The molecule has 0 aliphatic carbocycles. The van der Waals surface area contributed by atoms with E-state index < -0.39 is 5.97 Å². The molecule has 1 aliphatic heterocycles. The summed E-state index contributed by atoms with van der Waals surface area (Å²) in [5.74, 6) is -1.06. The van der Waals surface area contributed by atoms with Crippen LogP contribution >= 0.6 is 0 Å². The second kappa shape index (κ2) is 14.0. The van der Waals surface area contributed by atoms with Crippen LogP contribution in [0.4, 0.5) is 0 Å². The highest BCUT2D eigenvalue weighted by Crippen LogP contribution is 2.38. The van der Waals surface area contributed by atoms with Crippen molar-refractivity contribution in [3.63, 3.8) is 0 Å². The number of esters is 1. The number of nitrogens with zero attached hydrogens (tertiary/aromatic N) is 1. The molecule has 0 saturated carbocycles. The van der Waals surface area contributed by atoms with Crippen LogP contribution in [0.1, 0.15) is 70.4 Å². The summed E-state index contributed by atoms with van der Waals surface area (Å²) in [6, 6.07) is 35.0. The molecule has 0 fully saturated rings. The highest BCUT2D eigenvalue weighted by molar-refractivity contribution is 5.96. The van der Waals surface area contributed by atoms with Crippen molar-refractivity contribution in [1.29, 1.82) is 0 Å². The molecule has 4 aromatic rings. The molecule has 0 radical (unpaired) electrons. The number of aryl methyl sites for hydroxylation is 1. The van der Waals surface area contributed by atoms with Crippen molar-refractivity contribution in [2.45, 2.75) is 52.1 Å². The van der Waals surface area contributed by atoms with Gasteiger partial charge in [-0.1, -0.05) is 103 Å². The monoisotopic (exact) mass is 586 g/mol. The molecule has 224 valence electrons. The number of allylic oxidation sites excluding steroid dienone is 1. The maximum Gasteiger partial charge on any atom is 0.336 e. The second-order valence-electron chi connectivity index (χ2n) is 11.2. The Morgan fingerprint density at radius 1 is 0.864 bits per heavy atom. The smallest absolute Gasteiger partial charge is 0.336 e. The first-order valence-corrected chi connectivity index (χ1v) is 15.1. The Kier molecular flexibility index (Phi) is 9.70. The fraction of sp³-hybridized carbons (Fsp3) is 0.237. The van der Waals surface area contributed by atoms with Crippen molar-refractivity contribution in [3.8, 4) is 0 Å². The fourth-order valence-corrected chi connectivity index (χ4v) is 5.87. The first-order chi connectivity index (χ1) is 21.3. The van der Waals surface area contributed by atoms with Crippen LogP contribution in [-0.2, 0) is 27.3 Å². The summed E-state index contributed by atoms with van der Waals surface area (Å²) < 4.78 is 5.45. The average molecular weight is 587 g/mol. The average Bonchev–Trinajstić information content (AvgIpc) is 3.03. The molecule has 0 saturated heterocycles. The van der Waals surface area contributed by atoms with E-state index in [0.29, 0.717) is 23.3 Å². The third-order valence-corrected chi connectivity index (χ3v) is 8.08. The van der Waals surface area contributed by atoms with Crippen molar-refractivity contribution in [3.05, 3.63) is 154 Å². The summed E-state index contributed by atoms with van der Waals surface area (Å²) in [6.45, 7) is 6.06. The number of rotatable bonds is 10. The van der Waals surface area contributed by atoms with Gasteiger partial charge in [-0.25, -0.2) is 4.79 Å². The lowest BCUT2D eigenvalue weighted by Crippen LogP contribution is -2.38. The number of hydrogen-bond acceptors (Lipinski definition) is 4. The minimum atomic E-state index is -0.410. The van der Waals surface area contributed by atoms with Gasteiger partial charge < -0.3 is 15.0 Å². The van der Waals surface area contributed by atoms with Crippen molar-refractivity contribution in [1.82, 2.24) is 10.2 Å². The predicted octanol–water partition coefficient (Wildman–Crippen LogP) is 7.06. The third kappa shape index (κ3) is 7.14. The molecule has 1 heterocycles. The molecule has 1 aliphatic rings. The number of carbonyl (C=O) groups is 3. The molecule has 2 atom stereocenters. The van der Waals surface area contributed by atoms with Crippen LogP contribution in [-0.4, -0.2) is 29.3 Å². The summed E-state index contributed by atoms with van der Waals surface area (Å²) in [5.41, 5.74) is 6.50. The lowest BCUT2D eigenvalue weighted by Gasteiger charge is -2.34. The van der Waals surface area contributed by atoms with Crippen molar-refractivity contribution in [2.24, 2.45) is 0 Å². The van der Waals surface area contributed by atoms with Gasteiger partial charge in [-0.2, -0.15) is 0 Å². The molecule has 44 heavy (non-hydrogen) atoms. The normalized spacial score (nSPS) is 15.6. The van der Waals surface area contributed by atoms with Gasteiger partial charge in [0.05, 0.1) is 24.8 Å². The van der Waals surface area contributed by atoms with Crippen LogP contribution in [0.3, 0.4) is 0 Å². The maximum atomic E-state index is 13.6. The van der Waals surface area contributed by atoms with Gasteiger partial charge in [0.1, 0.15) is 0 Å². The maximum absolute atomic E-state index is 13.6. The van der Waals surface area contributed by atoms with E-state index in [4.69, 9.17) is 4.74 Å². The first-order valence-electron chi connectivity index (χ1n) is 15.1. The van der Waals surface area contributed by atoms with E-state index in [1.807, 2.05) is 97.9 Å². The molecule has 4 aromatic carbocycles. The zero-order valence-corrected chi connectivity index (χ0v) is 25.5. The van der Waals surface area contributed by atoms with Gasteiger partial charge in [0.2, 0.25) is 5.91 Å². The molecule has 6 heteroatoms. The topological polar surface area (TPSA) is 75.7 Å². The zero-order chi connectivity index (χ0) is 31.1. The lowest BCUT2D eigenvalue weighted by atomic mass is 9.83. The Balaban J connectivity index is 1.39. The molecular formula is C38H38N2O4. The van der Waals surface area contributed by atoms with E-state index in [-0.39, 0.29) is 43.3 Å². The van der Waals surface area contributed by atoms with E-state index in [2.05, 4.69) is 17.4 Å². The number of benzene rings is 4. The molecule has 5 rings (SSSR count). The van der Waals surface area contributed by atoms with Gasteiger partial charge in [0.15, 0.2) is 0 Å². The molecular weight excluding hydrogens is 548 g/mol. The van der Waals surface area contributed by atoms with Crippen LogP contribution in [0, 0.1) is 6.92 Å². The third-order valence-electron chi connectivity index (χ3n) is 8.08. The minimum absolute atomic E-state index is 0.0797. The van der Waals surface area contributed by atoms with Gasteiger partial charge in [-0.05, 0) is 61.6 Å². The Morgan fingerprint density at radius 2 is 1.55 bits per heavy atom. The molecule has 6 nitrogen and oxygen atoms in total. The molecule has 0 aromatic heterocycles. The Bertz CT molecular complexity index is 1660. The van der Waals surface area contributed by atoms with Gasteiger partial charge in [-0.3, -0.25) is 9.59 Å². The molecule has 0 bridgehead atoms. The van der Waals surface area contributed by atoms with Crippen molar-refractivity contribution >= 4 is 17.8 Å². The molecule has 0 spiro atoms. The number of hydrogen-bond donors (Lipinski definition) is 1.